The lowest BCUT2D eigenvalue weighted by Crippen LogP contribution is -2.49. The predicted octanol–water partition coefficient (Wildman–Crippen LogP) is 2.31. The maximum absolute atomic E-state index is 5.54. The fourth-order valence-electron chi connectivity index (χ4n) is 3.47. The summed E-state index contributed by atoms with van der Waals surface area (Å²) in [5, 5.41) is 5.29. The Kier molecular flexibility index (Phi) is 4.30. The van der Waals surface area contributed by atoms with Crippen LogP contribution in [0.5, 0.6) is 0 Å². The molecule has 3 heterocycles. The minimum atomic E-state index is 0.228. The Hall–Kier alpha value is -2.21. The summed E-state index contributed by atoms with van der Waals surface area (Å²) < 4.78 is 0. The standard InChI is InChI=1S/C18H23N5O/c1-2-14-11-15(24-21-14)12-22-7-9-23(10-8-22)18-16-5-3-4-6-17(16)19-13-20-18/h3-6,13,15H,2,7-12H2,1H3/t15-/m0/s1. The SMILES string of the molecule is CCC1=NO[C@H](CN2CCN(c3ncnc4ccccc34)CC2)C1. The molecule has 2 aromatic rings. The van der Waals surface area contributed by atoms with Gasteiger partial charge >= 0.3 is 0 Å². The Morgan fingerprint density at radius 3 is 2.75 bits per heavy atom. The van der Waals surface area contributed by atoms with Crippen LogP contribution in [-0.2, 0) is 4.84 Å². The number of nitrogens with zero attached hydrogens (tertiary/aromatic N) is 5. The zero-order valence-corrected chi connectivity index (χ0v) is 14.1. The van der Waals surface area contributed by atoms with Crippen LogP contribution in [0.1, 0.15) is 19.8 Å². The molecule has 0 saturated carbocycles. The smallest absolute Gasteiger partial charge is 0.145 e. The van der Waals surface area contributed by atoms with Gasteiger partial charge in [0, 0.05) is 44.5 Å². The van der Waals surface area contributed by atoms with E-state index in [1.807, 2.05) is 18.2 Å². The zero-order valence-electron chi connectivity index (χ0n) is 14.1. The summed E-state index contributed by atoms with van der Waals surface area (Å²) >= 11 is 0. The number of para-hydroxylation sites is 1. The van der Waals surface area contributed by atoms with E-state index in [4.69, 9.17) is 4.84 Å². The van der Waals surface area contributed by atoms with Crippen LogP contribution in [0, 0.1) is 0 Å². The van der Waals surface area contributed by atoms with Crippen LogP contribution < -0.4 is 4.90 Å². The van der Waals surface area contributed by atoms with Crippen molar-refractivity contribution in [1.82, 2.24) is 14.9 Å². The van der Waals surface area contributed by atoms with Gasteiger partial charge in [0.1, 0.15) is 18.2 Å². The van der Waals surface area contributed by atoms with E-state index in [0.29, 0.717) is 0 Å². The predicted molar refractivity (Wildman–Crippen MR) is 95.4 cm³/mol. The first kappa shape index (κ1) is 15.3. The monoisotopic (exact) mass is 325 g/mol. The first-order valence-electron chi connectivity index (χ1n) is 8.72. The molecule has 0 unspecified atom stereocenters. The maximum Gasteiger partial charge on any atom is 0.145 e. The zero-order chi connectivity index (χ0) is 16.4. The molecule has 6 nitrogen and oxygen atoms in total. The number of hydrogen-bond donors (Lipinski definition) is 0. The number of piperazine rings is 1. The molecule has 24 heavy (non-hydrogen) atoms. The summed E-state index contributed by atoms with van der Waals surface area (Å²) in [4.78, 5) is 19.3. The fourth-order valence-corrected chi connectivity index (χ4v) is 3.47. The van der Waals surface area contributed by atoms with E-state index in [1.54, 1.807) is 6.33 Å². The summed E-state index contributed by atoms with van der Waals surface area (Å²) in [7, 11) is 0. The molecular formula is C18H23N5O. The molecule has 4 rings (SSSR count). The van der Waals surface area contributed by atoms with Gasteiger partial charge in [-0.3, -0.25) is 4.90 Å². The number of aromatic nitrogens is 2. The lowest BCUT2D eigenvalue weighted by molar-refractivity contribution is 0.0510. The first-order chi connectivity index (χ1) is 11.8. The van der Waals surface area contributed by atoms with Crippen LogP contribution in [-0.4, -0.2) is 59.4 Å². The van der Waals surface area contributed by atoms with Crippen molar-refractivity contribution in [2.24, 2.45) is 5.16 Å². The Labute approximate surface area is 142 Å². The van der Waals surface area contributed by atoms with Gasteiger partial charge in [-0.1, -0.05) is 24.2 Å². The van der Waals surface area contributed by atoms with Crippen LogP contribution in [0.15, 0.2) is 35.7 Å². The minimum absolute atomic E-state index is 0.228. The van der Waals surface area contributed by atoms with Gasteiger partial charge in [0.25, 0.3) is 0 Å². The summed E-state index contributed by atoms with van der Waals surface area (Å²) in [6.07, 6.45) is 3.87. The van der Waals surface area contributed by atoms with E-state index < -0.39 is 0 Å². The van der Waals surface area contributed by atoms with Crippen molar-refractivity contribution in [2.75, 3.05) is 37.6 Å². The molecule has 1 fully saturated rings. The Morgan fingerprint density at radius 2 is 1.96 bits per heavy atom. The molecule has 2 aliphatic rings. The van der Waals surface area contributed by atoms with E-state index in [-0.39, 0.29) is 6.10 Å². The largest absolute Gasteiger partial charge is 0.391 e. The average Bonchev–Trinajstić information content (AvgIpc) is 3.09. The van der Waals surface area contributed by atoms with E-state index in [0.717, 1.165) is 62.3 Å². The molecular weight excluding hydrogens is 302 g/mol. The van der Waals surface area contributed by atoms with Gasteiger partial charge in [-0.2, -0.15) is 0 Å². The number of oxime groups is 1. The van der Waals surface area contributed by atoms with Crippen molar-refractivity contribution in [3.8, 4) is 0 Å². The summed E-state index contributed by atoms with van der Waals surface area (Å²) in [6, 6.07) is 8.21. The van der Waals surface area contributed by atoms with Crippen molar-refractivity contribution < 1.29 is 4.84 Å². The molecule has 0 N–H and O–H groups in total. The molecule has 2 aliphatic heterocycles. The summed E-state index contributed by atoms with van der Waals surface area (Å²) in [5.41, 5.74) is 2.19. The average molecular weight is 325 g/mol. The van der Waals surface area contributed by atoms with Crippen LogP contribution in [0.4, 0.5) is 5.82 Å². The van der Waals surface area contributed by atoms with Crippen molar-refractivity contribution in [1.29, 1.82) is 0 Å². The number of anilines is 1. The van der Waals surface area contributed by atoms with Gasteiger partial charge in [0.15, 0.2) is 0 Å². The topological polar surface area (TPSA) is 53.9 Å². The van der Waals surface area contributed by atoms with Crippen molar-refractivity contribution in [3.05, 3.63) is 30.6 Å². The van der Waals surface area contributed by atoms with E-state index >= 15 is 0 Å². The highest BCUT2D eigenvalue weighted by molar-refractivity contribution is 5.89. The molecule has 1 atom stereocenters. The lowest BCUT2D eigenvalue weighted by atomic mass is 10.1. The van der Waals surface area contributed by atoms with Crippen LogP contribution in [0.3, 0.4) is 0 Å². The number of rotatable bonds is 4. The second kappa shape index (κ2) is 6.73. The highest BCUT2D eigenvalue weighted by Crippen LogP contribution is 2.24. The third-order valence-corrected chi connectivity index (χ3v) is 4.86. The van der Waals surface area contributed by atoms with Gasteiger partial charge in [-0.15, -0.1) is 0 Å². The Bertz CT molecular complexity index is 734. The normalized spacial score (nSPS) is 21.8. The van der Waals surface area contributed by atoms with E-state index in [2.05, 4.69) is 37.9 Å². The lowest BCUT2D eigenvalue weighted by Gasteiger charge is -2.36. The fraction of sp³-hybridized carbons (Fsp3) is 0.500. The molecule has 0 spiro atoms. The second-order valence-corrected chi connectivity index (χ2v) is 6.44. The second-order valence-electron chi connectivity index (χ2n) is 6.44. The minimum Gasteiger partial charge on any atom is -0.391 e. The third-order valence-electron chi connectivity index (χ3n) is 4.86. The molecule has 1 aromatic heterocycles. The number of fused-ring (bicyclic) bond motifs is 1. The molecule has 126 valence electrons. The van der Waals surface area contributed by atoms with Crippen molar-refractivity contribution >= 4 is 22.4 Å². The van der Waals surface area contributed by atoms with Crippen LogP contribution in [0.25, 0.3) is 10.9 Å². The van der Waals surface area contributed by atoms with Gasteiger partial charge in [-0.05, 0) is 18.6 Å². The van der Waals surface area contributed by atoms with E-state index in [9.17, 15) is 0 Å². The highest BCUT2D eigenvalue weighted by Gasteiger charge is 2.26. The molecule has 6 heteroatoms. The third kappa shape index (κ3) is 3.06. The van der Waals surface area contributed by atoms with Gasteiger partial charge in [-0.25, -0.2) is 9.97 Å². The van der Waals surface area contributed by atoms with Crippen molar-refractivity contribution in [2.45, 2.75) is 25.9 Å². The maximum atomic E-state index is 5.54. The molecule has 1 saturated heterocycles. The van der Waals surface area contributed by atoms with Gasteiger partial charge in [0.05, 0.1) is 11.2 Å². The quantitative estimate of drug-likeness (QED) is 0.863. The summed E-state index contributed by atoms with van der Waals surface area (Å²) in [5.74, 6) is 1.05. The Morgan fingerprint density at radius 1 is 1.12 bits per heavy atom. The van der Waals surface area contributed by atoms with Gasteiger partial charge < -0.3 is 9.74 Å². The van der Waals surface area contributed by atoms with Crippen LogP contribution in [0.2, 0.25) is 0 Å². The Balaban J connectivity index is 1.38. The molecule has 0 amide bonds. The van der Waals surface area contributed by atoms with E-state index in [1.165, 1.54) is 5.71 Å². The number of hydrogen-bond acceptors (Lipinski definition) is 6. The molecule has 0 aliphatic carbocycles. The molecule has 1 aromatic carbocycles. The molecule has 0 bridgehead atoms. The summed E-state index contributed by atoms with van der Waals surface area (Å²) in [6.45, 7) is 7.12. The van der Waals surface area contributed by atoms with Gasteiger partial charge in [0.2, 0.25) is 0 Å². The van der Waals surface area contributed by atoms with Crippen molar-refractivity contribution in [3.63, 3.8) is 0 Å². The van der Waals surface area contributed by atoms with Crippen LogP contribution >= 0.6 is 0 Å². The molecule has 0 radical (unpaired) electrons. The number of benzene rings is 1. The highest BCUT2D eigenvalue weighted by atomic mass is 16.6. The first-order valence-corrected chi connectivity index (χ1v) is 8.72.